The van der Waals surface area contributed by atoms with Crippen molar-refractivity contribution in [1.82, 2.24) is 0 Å². The van der Waals surface area contributed by atoms with E-state index in [2.05, 4.69) is 146 Å². The Labute approximate surface area is 301 Å². The van der Waals surface area contributed by atoms with Crippen LogP contribution >= 0.6 is 0 Å². The highest BCUT2D eigenvalue weighted by Crippen LogP contribution is 2.36. The van der Waals surface area contributed by atoms with Gasteiger partial charge in [0, 0.05) is 89.4 Å². The molecule has 0 amide bonds. The van der Waals surface area contributed by atoms with Crippen molar-refractivity contribution in [2.45, 2.75) is 59.3 Å². The number of carbonyl (C=O) groups excluding carboxylic acids is 2. The van der Waals surface area contributed by atoms with E-state index in [0.29, 0.717) is 6.42 Å². The number of aliphatic carboxylic acids is 1. The van der Waals surface area contributed by atoms with Gasteiger partial charge in [-0.2, -0.15) is 0 Å². The summed E-state index contributed by atoms with van der Waals surface area (Å²) in [5.41, 5.74) is 9.91. The van der Waals surface area contributed by atoms with E-state index in [-0.39, 0.29) is 24.7 Å². The first kappa shape index (κ1) is 44.1. The van der Waals surface area contributed by atoms with Crippen LogP contribution in [-0.2, 0) is 24.0 Å². The lowest BCUT2D eigenvalue weighted by Crippen LogP contribution is -2.36. The van der Waals surface area contributed by atoms with Crippen LogP contribution in [0.1, 0.15) is 59.3 Å². The first-order valence-corrected chi connectivity index (χ1v) is 15.1. The maximum Gasteiger partial charge on any atom is 0.338 e. The maximum atomic E-state index is 12.6. The molecule has 0 aliphatic rings. The molecular weight excluding hydrogens is 644 g/mol. The van der Waals surface area contributed by atoms with Gasteiger partial charge in [-0.3, -0.25) is 14.4 Å². The summed E-state index contributed by atoms with van der Waals surface area (Å²) in [5.74, 6) is 47.9. The first-order chi connectivity index (χ1) is 24.7. The van der Waals surface area contributed by atoms with Crippen LogP contribution in [0.5, 0.6) is 0 Å². The van der Waals surface area contributed by atoms with Crippen LogP contribution in [0.4, 0.5) is 0 Å². The first-order valence-electron chi connectivity index (χ1n) is 15.1. The predicted molar refractivity (Wildman–Crippen MR) is 191 cm³/mol. The van der Waals surface area contributed by atoms with Crippen LogP contribution in [0.2, 0.25) is 0 Å². The maximum absolute atomic E-state index is 12.6. The highest BCUT2D eigenvalue weighted by Gasteiger charge is 2.41. The molecule has 0 fully saturated rings. The molecule has 10 heteroatoms. The van der Waals surface area contributed by atoms with E-state index in [1.54, 1.807) is 13.5 Å². The van der Waals surface area contributed by atoms with Crippen molar-refractivity contribution >= 4 is 17.9 Å². The summed E-state index contributed by atoms with van der Waals surface area (Å²) in [7, 11) is 1.21. The molecular formula is C41H34N4O6. The van der Waals surface area contributed by atoms with Crippen LogP contribution in [0, 0.1) is 167 Å². The number of esters is 1. The molecule has 0 heterocycles. The summed E-state index contributed by atoms with van der Waals surface area (Å²) >= 11 is 0. The summed E-state index contributed by atoms with van der Waals surface area (Å²) in [6.07, 6.45) is 1.73. The molecule has 51 heavy (non-hydrogen) atoms. The molecule has 0 aliphatic heterocycles. The Hall–Kier alpha value is -6.91. The zero-order valence-corrected chi connectivity index (χ0v) is 28.7. The van der Waals surface area contributed by atoms with Gasteiger partial charge in [-0.15, -0.1) is 0 Å². The second-order valence-electron chi connectivity index (χ2n) is 10.1. The lowest BCUT2D eigenvalue weighted by Gasteiger charge is -2.30. The van der Waals surface area contributed by atoms with Crippen molar-refractivity contribution in [1.29, 1.82) is 0 Å². The molecule has 0 rings (SSSR count). The van der Waals surface area contributed by atoms with Gasteiger partial charge in [0.05, 0.1) is 30.9 Å². The molecule has 0 aromatic heterocycles. The number of nitrogens with two attached hydrogens (primary N) is 2. The van der Waals surface area contributed by atoms with Crippen LogP contribution < -0.4 is 11.5 Å². The van der Waals surface area contributed by atoms with E-state index in [1.807, 2.05) is 6.92 Å². The average Bonchev–Trinajstić information content (AvgIpc) is 3.11. The Morgan fingerprint density at radius 3 is 1.59 bits per heavy atom. The molecule has 0 saturated heterocycles. The third-order valence-corrected chi connectivity index (χ3v) is 6.28. The number of rotatable bonds is 15. The highest BCUT2D eigenvalue weighted by molar-refractivity contribution is 5.83. The molecule has 0 bridgehead atoms. The molecule has 5 N–H and O–H groups in total. The molecule has 0 aliphatic carbocycles. The summed E-state index contributed by atoms with van der Waals surface area (Å²) in [6.45, 7) is 8.09. The third kappa shape index (κ3) is 23.1. The highest BCUT2D eigenvalue weighted by atomic mass is 16.7. The van der Waals surface area contributed by atoms with Crippen molar-refractivity contribution in [3.63, 3.8) is 0 Å². The second kappa shape index (κ2) is 29.2. The van der Waals surface area contributed by atoms with E-state index in [0.717, 1.165) is 12.8 Å². The van der Waals surface area contributed by atoms with Gasteiger partial charge in [0.2, 0.25) is 0 Å². The van der Waals surface area contributed by atoms with Gasteiger partial charge in [0.1, 0.15) is 0 Å². The molecule has 4 atom stereocenters. The van der Waals surface area contributed by atoms with Crippen molar-refractivity contribution in [2.24, 2.45) is 45.0 Å². The number of nitrogens with zero attached hydrogens (tertiary/aromatic N) is 2. The van der Waals surface area contributed by atoms with Gasteiger partial charge in [0.15, 0.2) is 0 Å². The fourth-order valence-electron chi connectivity index (χ4n) is 3.99. The van der Waals surface area contributed by atoms with Crippen LogP contribution in [0.3, 0.4) is 0 Å². The van der Waals surface area contributed by atoms with Gasteiger partial charge < -0.3 is 21.3 Å². The lowest BCUT2D eigenvalue weighted by molar-refractivity contribution is -0.161. The number of carboxylic acid groups (broad SMARTS) is 1. The summed E-state index contributed by atoms with van der Waals surface area (Å²) < 4.78 is 4.92. The zero-order chi connectivity index (χ0) is 38.0. The second-order valence-corrected chi connectivity index (χ2v) is 10.1. The molecule has 3 unspecified atom stereocenters. The van der Waals surface area contributed by atoms with Crippen LogP contribution in [0.15, 0.2) is 10.4 Å². The van der Waals surface area contributed by atoms with Gasteiger partial charge in [-0.25, -0.2) is 4.79 Å². The van der Waals surface area contributed by atoms with Gasteiger partial charge >= 0.3 is 17.9 Å². The van der Waals surface area contributed by atoms with Gasteiger partial charge in [-0.1, -0.05) is 24.4 Å². The predicted octanol–water partition coefficient (Wildman–Crippen LogP) is 2.63. The molecule has 254 valence electrons. The van der Waals surface area contributed by atoms with Crippen LogP contribution in [-0.4, -0.2) is 30.1 Å². The topological polar surface area (TPSA) is 167 Å². The number of carbonyl (C=O) groups is 3. The largest absolute Gasteiger partial charge is 0.481 e. The van der Waals surface area contributed by atoms with Crippen molar-refractivity contribution in [3.05, 3.63) is 13.1 Å². The lowest BCUT2D eigenvalue weighted by atomic mass is 9.74. The number of hydrogen-bond acceptors (Lipinski definition) is 9. The minimum Gasteiger partial charge on any atom is -0.481 e. The molecule has 0 aromatic carbocycles. The van der Waals surface area contributed by atoms with Crippen molar-refractivity contribution in [2.75, 3.05) is 7.11 Å². The fraction of sp³-hybridized carbons (Fsp3) is 0.341. The van der Waals surface area contributed by atoms with Gasteiger partial charge in [-0.05, 0) is 98.7 Å². The number of methoxy groups -OCH3 is 1. The molecule has 0 spiro atoms. The third-order valence-electron chi connectivity index (χ3n) is 6.28. The number of hydrogen-bond donors (Lipinski definition) is 3. The normalized spacial score (nSPS) is 11.2. The molecule has 2 radical (unpaired) electrons. The zero-order valence-electron chi connectivity index (χ0n) is 28.7. The average molecular weight is 679 g/mol. The molecule has 0 aromatic rings. The Morgan fingerprint density at radius 2 is 1.20 bits per heavy atom. The van der Waals surface area contributed by atoms with E-state index < -0.39 is 35.7 Å². The van der Waals surface area contributed by atoms with Crippen molar-refractivity contribution < 1.29 is 29.1 Å². The minimum absolute atomic E-state index is 0.0720. The number of ether oxygens (including phenoxy) is 1. The summed E-state index contributed by atoms with van der Waals surface area (Å²) in [4.78, 5) is 41.9. The van der Waals surface area contributed by atoms with Gasteiger partial charge in [0.25, 0.3) is 0 Å². The fourth-order valence-corrected chi connectivity index (χ4v) is 3.99. The Bertz CT molecular complexity index is 1990. The van der Waals surface area contributed by atoms with E-state index >= 15 is 0 Å². The Morgan fingerprint density at radius 1 is 0.745 bits per heavy atom. The van der Waals surface area contributed by atoms with E-state index in [4.69, 9.17) is 16.2 Å². The molecule has 0 saturated carbocycles. The van der Waals surface area contributed by atoms with E-state index in [1.165, 1.54) is 20.6 Å². The Balaban J connectivity index is 5.08. The molecule has 10 nitrogen and oxygen atoms in total. The van der Waals surface area contributed by atoms with E-state index in [9.17, 15) is 19.5 Å². The van der Waals surface area contributed by atoms with Crippen LogP contribution in [0.25, 0.3) is 0 Å². The minimum atomic E-state index is -1.69. The number of carboxylic acids is 1. The summed E-state index contributed by atoms with van der Waals surface area (Å²) in [5, 5.41) is 16.5. The standard InChI is InChI=1S/C41H34N4O6/c1-5-7-8-9-10-11-12-13-14-15-16-17-18-19-20-21-22-23-24-25-26-28-44-45-51-38(46)32-41(3,40(48)49)31-37(39(47)50-4)30-36(34-43)29-35(33-42)27-6-2/h33-37H,6,27,29-32,42-43H2,1-4H3,(H,48,49)/t35?,36?,37?,41-/m1/s1. The Kier molecular flexibility index (Phi) is 25.3. The quantitative estimate of drug-likeness (QED) is 0.103. The SMILES string of the molecule is CC#CC#CC#CC#CC#CC#CC#CC#CC#CC#CC#CN=NOC(=O)C[C@@](C)(CC(CC([CH]N)CC([CH]N)CCC)C(=O)OC)C(=O)O. The summed E-state index contributed by atoms with van der Waals surface area (Å²) in [6, 6.07) is 2.17. The monoisotopic (exact) mass is 678 g/mol. The smallest absolute Gasteiger partial charge is 0.338 e. The van der Waals surface area contributed by atoms with Crippen molar-refractivity contribution in [3.8, 4) is 130 Å².